The minimum atomic E-state index is -0.757. The van der Waals surface area contributed by atoms with Crippen molar-refractivity contribution >= 4 is 39.5 Å². The fourth-order valence-corrected chi connectivity index (χ4v) is 5.59. The van der Waals surface area contributed by atoms with Gasteiger partial charge < -0.3 is 9.47 Å². The highest BCUT2D eigenvalue weighted by atomic mass is 32.1. The number of fused-ring (bicyclic) bond motifs is 1. The number of amides is 1. The van der Waals surface area contributed by atoms with Gasteiger partial charge in [0.05, 0.1) is 23.7 Å². The van der Waals surface area contributed by atoms with Crippen LogP contribution in [0.2, 0.25) is 0 Å². The molecule has 1 amide bonds. The van der Waals surface area contributed by atoms with Gasteiger partial charge in [0.1, 0.15) is 11.4 Å². The molecule has 1 atom stereocenters. The number of benzene rings is 1. The van der Waals surface area contributed by atoms with Gasteiger partial charge in [-0.3, -0.25) is 19.4 Å². The first kappa shape index (κ1) is 22.2. The van der Waals surface area contributed by atoms with E-state index < -0.39 is 6.10 Å². The molecular formula is C24H25N3O4S2. The molecule has 0 radical (unpaired) electrons. The molecule has 33 heavy (non-hydrogen) atoms. The average Bonchev–Trinajstić information content (AvgIpc) is 3.60. The van der Waals surface area contributed by atoms with Gasteiger partial charge in [-0.1, -0.05) is 18.2 Å². The number of morpholine rings is 1. The number of hydrogen-bond donors (Lipinski definition) is 0. The van der Waals surface area contributed by atoms with E-state index in [-0.39, 0.29) is 11.7 Å². The quantitative estimate of drug-likeness (QED) is 0.446. The van der Waals surface area contributed by atoms with Crippen LogP contribution >= 0.6 is 22.7 Å². The molecule has 5 rings (SSSR count). The van der Waals surface area contributed by atoms with Crippen LogP contribution < -0.4 is 9.64 Å². The Labute approximate surface area is 200 Å². The topological polar surface area (TPSA) is 72.0 Å². The molecule has 1 unspecified atom stereocenters. The van der Waals surface area contributed by atoms with Crippen molar-refractivity contribution in [2.75, 3.05) is 44.3 Å². The molecule has 2 aliphatic heterocycles. The largest absolute Gasteiger partial charge is 0.475 e. The predicted octanol–water partition coefficient (Wildman–Crippen LogP) is 4.28. The van der Waals surface area contributed by atoms with E-state index in [1.165, 1.54) is 22.7 Å². The van der Waals surface area contributed by atoms with Crippen LogP contribution in [0.3, 0.4) is 0 Å². The molecule has 0 bridgehead atoms. The lowest BCUT2D eigenvalue weighted by molar-refractivity contribution is 0.0372. The number of carbonyl (C=O) groups is 2. The van der Waals surface area contributed by atoms with Crippen LogP contribution in [0.4, 0.5) is 5.13 Å². The fourth-order valence-electron chi connectivity index (χ4n) is 4.06. The van der Waals surface area contributed by atoms with E-state index in [2.05, 4.69) is 9.88 Å². The summed E-state index contributed by atoms with van der Waals surface area (Å²) < 4.78 is 11.3. The van der Waals surface area contributed by atoms with E-state index in [0.29, 0.717) is 33.6 Å². The normalized spacial score (nSPS) is 18.2. The Bertz CT molecular complexity index is 1110. The molecule has 1 fully saturated rings. The van der Waals surface area contributed by atoms with E-state index in [0.717, 1.165) is 45.7 Å². The molecule has 9 heteroatoms. The molecular weight excluding hydrogens is 458 g/mol. The van der Waals surface area contributed by atoms with Gasteiger partial charge in [0.25, 0.3) is 5.91 Å². The Kier molecular flexibility index (Phi) is 6.82. The zero-order valence-corrected chi connectivity index (χ0v) is 19.8. The molecule has 0 spiro atoms. The number of ketones is 1. The number of Topliss-reactive ketones (excluding diaryl/α,β-unsaturated/α-hetero) is 1. The molecule has 0 saturated carbocycles. The van der Waals surface area contributed by atoms with Crippen molar-refractivity contribution in [3.05, 3.63) is 63.3 Å². The van der Waals surface area contributed by atoms with Crippen LogP contribution in [0.5, 0.6) is 5.75 Å². The van der Waals surface area contributed by atoms with Crippen molar-refractivity contribution < 1.29 is 19.1 Å². The number of rotatable bonds is 8. The molecule has 0 aliphatic carbocycles. The summed E-state index contributed by atoms with van der Waals surface area (Å²) in [7, 11) is 0. The number of unbranched alkanes of at least 4 members (excludes halogenated alkanes) is 1. The van der Waals surface area contributed by atoms with Gasteiger partial charge in [0, 0.05) is 25.0 Å². The number of thiophene rings is 1. The van der Waals surface area contributed by atoms with Crippen molar-refractivity contribution in [1.29, 1.82) is 0 Å². The second-order valence-corrected chi connectivity index (χ2v) is 9.79. The first-order valence-corrected chi connectivity index (χ1v) is 12.9. The van der Waals surface area contributed by atoms with Crippen LogP contribution in [0.1, 0.15) is 44.7 Å². The maximum Gasteiger partial charge on any atom is 0.270 e. The highest BCUT2D eigenvalue weighted by molar-refractivity contribution is 7.14. The summed E-state index contributed by atoms with van der Waals surface area (Å²) in [5.41, 5.74) is 1.13. The molecule has 1 saturated heterocycles. The predicted molar refractivity (Wildman–Crippen MR) is 129 cm³/mol. The highest BCUT2D eigenvalue weighted by Crippen LogP contribution is 2.38. The average molecular weight is 484 g/mol. The lowest BCUT2D eigenvalue weighted by Crippen LogP contribution is -2.37. The van der Waals surface area contributed by atoms with Crippen molar-refractivity contribution in [3.8, 4) is 5.75 Å². The lowest BCUT2D eigenvalue weighted by atomic mass is 10.1. The first-order chi connectivity index (χ1) is 16.2. The van der Waals surface area contributed by atoms with Gasteiger partial charge in [0.2, 0.25) is 11.9 Å². The lowest BCUT2D eigenvalue weighted by Gasteiger charge is -2.27. The van der Waals surface area contributed by atoms with Crippen LogP contribution in [0, 0.1) is 0 Å². The number of thiazole rings is 1. The van der Waals surface area contributed by atoms with Crippen LogP contribution in [0.15, 0.2) is 47.2 Å². The Morgan fingerprint density at radius 2 is 1.97 bits per heavy atom. The van der Waals surface area contributed by atoms with Gasteiger partial charge in [0.15, 0.2) is 5.13 Å². The Morgan fingerprint density at radius 1 is 1.12 bits per heavy atom. The van der Waals surface area contributed by atoms with Crippen molar-refractivity contribution in [3.63, 3.8) is 0 Å². The first-order valence-electron chi connectivity index (χ1n) is 11.1. The van der Waals surface area contributed by atoms with Crippen molar-refractivity contribution in [2.45, 2.75) is 18.9 Å². The summed E-state index contributed by atoms with van der Waals surface area (Å²) in [4.78, 5) is 35.6. The molecule has 2 aromatic heterocycles. The molecule has 1 aromatic carbocycles. The monoisotopic (exact) mass is 483 g/mol. The molecule has 172 valence electrons. The van der Waals surface area contributed by atoms with Crippen molar-refractivity contribution in [1.82, 2.24) is 9.88 Å². The molecule has 0 N–H and O–H groups in total. The standard InChI is InChI=1S/C24H25N3O4S2/c28-21-17-6-1-2-7-19(17)31-22(21)18-16-33-24(25-18)27(23(29)20-8-5-15-32-20)10-4-3-9-26-11-13-30-14-12-26/h1-2,5-8,15-16,22H,3-4,9-14H2. The van der Waals surface area contributed by atoms with Crippen LogP contribution in [-0.4, -0.2) is 61.0 Å². The Hall–Kier alpha value is -2.59. The highest BCUT2D eigenvalue weighted by Gasteiger charge is 2.35. The third-order valence-electron chi connectivity index (χ3n) is 5.83. The van der Waals surface area contributed by atoms with E-state index in [1.807, 2.05) is 35.0 Å². The second-order valence-electron chi connectivity index (χ2n) is 8.01. The fraction of sp³-hybridized carbons (Fsp3) is 0.375. The third kappa shape index (κ3) is 4.86. The van der Waals surface area contributed by atoms with E-state index in [9.17, 15) is 9.59 Å². The van der Waals surface area contributed by atoms with Crippen LogP contribution in [-0.2, 0) is 4.74 Å². The zero-order valence-electron chi connectivity index (χ0n) is 18.1. The number of carbonyl (C=O) groups excluding carboxylic acids is 2. The summed E-state index contributed by atoms with van der Waals surface area (Å²) in [6, 6.07) is 11.0. The zero-order chi connectivity index (χ0) is 22.6. The van der Waals surface area contributed by atoms with Gasteiger partial charge in [-0.15, -0.1) is 22.7 Å². The summed E-state index contributed by atoms with van der Waals surface area (Å²) in [6.07, 6.45) is 1.10. The molecule has 3 aromatic rings. The second kappa shape index (κ2) is 10.1. The Morgan fingerprint density at radius 3 is 2.76 bits per heavy atom. The number of hydrogen-bond acceptors (Lipinski definition) is 8. The number of nitrogens with zero attached hydrogens (tertiary/aromatic N) is 3. The maximum absolute atomic E-state index is 13.3. The van der Waals surface area contributed by atoms with E-state index in [1.54, 1.807) is 17.0 Å². The minimum Gasteiger partial charge on any atom is -0.475 e. The van der Waals surface area contributed by atoms with Crippen molar-refractivity contribution in [2.24, 2.45) is 0 Å². The van der Waals surface area contributed by atoms with Crippen LogP contribution in [0.25, 0.3) is 0 Å². The van der Waals surface area contributed by atoms with E-state index in [4.69, 9.17) is 9.47 Å². The minimum absolute atomic E-state index is 0.0563. The summed E-state index contributed by atoms with van der Waals surface area (Å²) in [5, 5.41) is 4.33. The number of aromatic nitrogens is 1. The van der Waals surface area contributed by atoms with Gasteiger partial charge in [-0.2, -0.15) is 0 Å². The van der Waals surface area contributed by atoms with Gasteiger partial charge in [-0.05, 0) is 43.0 Å². The Balaban J connectivity index is 1.29. The number of ether oxygens (including phenoxy) is 2. The summed E-state index contributed by atoms with van der Waals surface area (Å²) in [5.74, 6) is 0.431. The molecule has 2 aliphatic rings. The molecule has 4 heterocycles. The number of para-hydroxylation sites is 1. The number of anilines is 1. The SMILES string of the molecule is O=C1c2ccccc2OC1c1csc(N(CCCCN2CCOCC2)C(=O)c2cccs2)n1. The summed E-state index contributed by atoms with van der Waals surface area (Å²) >= 11 is 2.80. The smallest absolute Gasteiger partial charge is 0.270 e. The third-order valence-corrected chi connectivity index (χ3v) is 7.57. The van der Waals surface area contributed by atoms with Gasteiger partial charge in [-0.25, -0.2) is 4.98 Å². The summed E-state index contributed by atoms with van der Waals surface area (Å²) in [6.45, 7) is 5.08. The van der Waals surface area contributed by atoms with Gasteiger partial charge >= 0.3 is 0 Å². The van der Waals surface area contributed by atoms with E-state index >= 15 is 0 Å². The molecule has 7 nitrogen and oxygen atoms in total. The maximum atomic E-state index is 13.3.